The number of hydrogen-bond donors (Lipinski definition) is 2. The van der Waals surface area contributed by atoms with Crippen LogP contribution < -0.4 is 0 Å². The molecule has 2 N–H and O–H groups in total. The molecule has 0 aliphatic rings. The second-order valence-electron chi connectivity index (χ2n) is 21.9. The molecule has 0 spiro atoms. The molecule has 21 heteroatoms. The van der Waals surface area contributed by atoms with Crippen molar-refractivity contribution in [1.29, 1.82) is 0 Å². The van der Waals surface area contributed by atoms with Crippen molar-refractivity contribution in [1.82, 2.24) is 0 Å². The average Bonchev–Trinajstić information content (AvgIpc) is 3.48. The Labute approximate surface area is 534 Å². The molecule has 0 bridgehead atoms. The Balaban J connectivity index is -0.00000138. The predicted octanol–water partition coefficient (Wildman–Crippen LogP) is 19.8. The van der Waals surface area contributed by atoms with Crippen LogP contribution in [-0.2, 0) is 60.7 Å². The van der Waals surface area contributed by atoms with Crippen LogP contribution in [0.15, 0.2) is 0 Å². The minimum absolute atomic E-state index is 0.0306. The molecule has 0 aliphatic carbocycles. The van der Waals surface area contributed by atoms with E-state index >= 15 is 0 Å². The standard InChI is InChI=1S/C31H62BrO8P.C29H58O5.C2H4BrCl2O2P/c1-4-6-8-10-12-13-15-17-21-29(20-16-14-11-9-7-5-2)26-37-27-30(28-40-41(34,35)39-25-23-32)38-24-19-18-22-31(33)36-3;1-4-6-8-10-12-13-15-17-21-27(20-16-14-11-9-7-5-2)25-33-26-28(24-30)34-23-19-18-22-29(31)32-3;3-1-2-7-8(4,5)6/h29-30H,4-28H2,1-3H3,(H,34,35);27-28,30H,4-26H2,1-3H3;1-2H2. The molecule has 0 aliphatic heterocycles. The fourth-order valence-corrected chi connectivity index (χ4v) is 11.5. The van der Waals surface area contributed by atoms with E-state index in [-0.39, 0.29) is 51.1 Å². The van der Waals surface area contributed by atoms with Gasteiger partial charge in [0.2, 0.25) is 0 Å². The molecule has 0 radical (unpaired) electrons. The lowest BCUT2D eigenvalue weighted by atomic mass is 9.94. The minimum Gasteiger partial charge on any atom is -0.469 e. The summed E-state index contributed by atoms with van der Waals surface area (Å²) in [7, 11) is -1.37. The lowest BCUT2D eigenvalue weighted by molar-refractivity contribution is -0.141. The van der Waals surface area contributed by atoms with Gasteiger partial charge in [-0.05, 0) is 85.7 Å². The molecule has 15 nitrogen and oxygen atoms in total. The normalized spacial score (nSPS) is 13.7. The fourth-order valence-electron chi connectivity index (χ4n) is 9.16. The summed E-state index contributed by atoms with van der Waals surface area (Å²) in [5, 5.41) is 10.6. The van der Waals surface area contributed by atoms with E-state index in [9.17, 15) is 28.7 Å². The fraction of sp³-hybridized carbons (Fsp3) is 0.968. The van der Waals surface area contributed by atoms with Crippen molar-refractivity contribution in [2.24, 2.45) is 11.8 Å². The highest BCUT2D eigenvalue weighted by molar-refractivity contribution is 9.09. The van der Waals surface area contributed by atoms with Crippen molar-refractivity contribution in [3.05, 3.63) is 0 Å². The smallest absolute Gasteiger partial charge is 0.469 e. The van der Waals surface area contributed by atoms with Crippen molar-refractivity contribution in [2.75, 3.05) is 90.9 Å². The van der Waals surface area contributed by atoms with Crippen molar-refractivity contribution in [3.8, 4) is 0 Å². The Bertz CT molecular complexity index is 1450. The van der Waals surface area contributed by atoms with E-state index in [4.69, 9.17) is 50.5 Å². The van der Waals surface area contributed by atoms with Gasteiger partial charge in [-0.25, -0.2) is 4.57 Å². The van der Waals surface area contributed by atoms with E-state index in [1.165, 1.54) is 220 Å². The van der Waals surface area contributed by atoms with Crippen LogP contribution in [-0.4, -0.2) is 125 Å². The first-order chi connectivity index (χ1) is 40.1. The SMILES string of the molecule is CCCCCCCCCCC(CCCCCCCC)COCC(CO)OCCCCC(=O)OC.CCCCCCCCCCC(CCCCCCCC)COCC(COP(=O)(O)OCCBr)OCCCCC(=O)OC.O=P(Cl)(Cl)OCCBr. The third kappa shape index (κ3) is 71.5. The number of aliphatic hydroxyl groups excluding tert-OH is 1. The van der Waals surface area contributed by atoms with Crippen LogP contribution in [0.1, 0.15) is 272 Å². The molecule has 0 aromatic rings. The zero-order valence-corrected chi connectivity index (χ0v) is 59.7. The van der Waals surface area contributed by atoms with Gasteiger partial charge in [0.1, 0.15) is 12.2 Å². The van der Waals surface area contributed by atoms with Crippen LogP contribution in [0.4, 0.5) is 0 Å². The van der Waals surface area contributed by atoms with Gasteiger partial charge < -0.3 is 42.9 Å². The molecule has 5 unspecified atom stereocenters. The monoisotopic (exact) mass is 1400 g/mol. The summed E-state index contributed by atoms with van der Waals surface area (Å²) < 4.78 is 70.1. The highest BCUT2D eigenvalue weighted by Gasteiger charge is 2.24. The number of halogens is 4. The van der Waals surface area contributed by atoms with E-state index in [0.717, 1.165) is 19.4 Å². The lowest BCUT2D eigenvalue weighted by Gasteiger charge is -2.22. The number of phosphoric acid groups is 1. The largest absolute Gasteiger partial charge is 0.472 e. The summed E-state index contributed by atoms with van der Waals surface area (Å²) >= 11 is 16.2. The Morgan fingerprint density at radius 3 is 1.06 bits per heavy atom. The van der Waals surface area contributed by atoms with Gasteiger partial charge >= 0.3 is 25.8 Å². The number of hydrogen-bond acceptors (Lipinski definition) is 14. The first kappa shape index (κ1) is 87.8. The molecular weight excluding hydrogens is 1280 g/mol. The number of methoxy groups -OCH3 is 2. The Hall–Kier alpha value is 0.580. The summed E-state index contributed by atoms with van der Waals surface area (Å²) in [5.41, 5.74) is 0. The molecule has 0 fully saturated rings. The Morgan fingerprint density at radius 1 is 0.422 bits per heavy atom. The molecule has 0 saturated heterocycles. The van der Waals surface area contributed by atoms with E-state index in [2.05, 4.69) is 73.6 Å². The van der Waals surface area contributed by atoms with Crippen LogP contribution in [0.3, 0.4) is 0 Å². The first-order valence-electron chi connectivity index (χ1n) is 32.6. The zero-order valence-electron chi connectivity index (χ0n) is 53.3. The summed E-state index contributed by atoms with van der Waals surface area (Å²) in [4.78, 5) is 32.4. The molecule has 0 amide bonds. The van der Waals surface area contributed by atoms with Crippen molar-refractivity contribution >= 4 is 80.2 Å². The molecule has 5 atom stereocenters. The number of ether oxygens (including phenoxy) is 6. The summed E-state index contributed by atoms with van der Waals surface area (Å²) in [5.74, 6) is 0.695. The van der Waals surface area contributed by atoms with Gasteiger partial charge in [0, 0.05) is 49.9 Å². The van der Waals surface area contributed by atoms with Gasteiger partial charge in [-0.3, -0.25) is 23.2 Å². The number of phosphoric ester groups is 1. The van der Waals surface area contributed by atoms with Crippen molar-refractivity contribution in [2.45, 2.75) is 284 Å². The van der Waals surface area contributed by atoms with Crippen molar-refractivity contribution in [3.63, 3.8) is 0 Å². The summed E-state index contributed by atoms with van der Waals surface area (Å²) in [6.45, 7) is 12.3. The van der Waals surface area contributed by atoms with Crippen LogP contribution in [0, 0.1) is 11.8 Å². The van der Waals surface area contributed by atoms with Gasteiger partial charge in [0.15, 0.2) is 0 Å². The van der Waals surface area contributed by atoms with Crippen LogP contribution in [0.5, 0.6) is 0 Å². The number of unbranched alkanes of at least 4 members (excludes halogenated alkanes) is 26. The Morgan fingerprint density at radius 2 is 0.747 bits per heavy atom. The second kappa shape index (κ2) is 68.5. The van der Waals surface area contributed by atoms with Crippen LogP contribution in [0.25, 0.3) is 0 Å². The highest BCUT2D eigenvalue weighted by Crippen LogP contribution is 2.57. The average molecular weight is 1400 g/mol. The van der Waals surface area contributed by atoms with E-state index in [1.54, 1.807) is 0 Å². The second-order valence-corrected chi connectivity index (χ2v) is 29.2. The van der Waals surface area contributed by atoms with Gasteiger partial charge in [0.05, 0.1) is 53.9 Å². The molecule has 0 heterocycles. The maximum atomic E-state index is 12.1. The van der Waals surface area contributed by atoms with Crippen LogP contribution >= 0.6 is 68.2 Å². The van der Waals surface area contributed by atoms with E-state index in [0.29, 0.717) is 74.6 Å². The third-order valence-electron chi connectivity index (χ3n) is 14.2. The topological polar surface area (TPSA) is 192 Å². The quantitative estimate of drug-likeness (QED) is 0.0253. The molecule has 0 rings (SSSR count). The van der Waals surface area contributed by atoms with Gasteiger partial charge in [0.25, 0.3) is 0 Å². The van der Waals surface area contributed by atoms with Gasteiger partial charge in [-0.2, -0.15) is 0 Å². The number of alkyl halides is 2. The van der Waals surface area contributed by atoms with Crippen molar-refractivity contribution < 1.29 is 70.7 Å². The molecular formula is C62H124Br2Cl2O15P2. The molecule has 0 aromatic carbocycles. The Kier molecular flexibility index (Phi) is 72.4. The molecule has 83 heavy (non-hydrogen) atoms. The van der Waals surface area contributed by atoms with Gasteiger partial charge in [-0.1, -0.05) is 239 Å². The van der Waals surface area contributed by atoms with E-state index in [1.807, 2.05) is 0 Å². The number of aliphatic hydroxyl groups is 1. The predicted molar refractivity (Wildman–Crippen MR) is 352 cm³/mol. The minimum atomic E-state index is -4.16. The molecule has 500 valence electrons. The first-order valence-corrected chi connectivity index (χ1v) is 39.8. The third-order valence-corrected chi connectivity index (χ3v) is 16.9. The lowest BCUT2D eigenvalue weighted by Crippen LogP contribution is -2.27. The number of esters is 2. The molecule has 0 aromatic heterocycles. The van der Waals surface area contributed by atoms with Crippen LogP contribution in [0.2, 0.25) is 0 Å². The van der Waals surface area contributed by atoms with Gasteiger partial charge in [-0.15, -0.1) is 0 Å². The number of carbonyl (C=O) groups is 2. The molecule has 0 saturated carbocycles. The number of rotatable bonds is 62. The zero-order chi connectivity index (χ0) is 62.2. The maximum Gasteiger partial charge on any atom is 0.472 e. The highest BCUT2D eigenvalue weighted by atomic mass is 79.9. The van der Waals surface area contributed by atoms with E-state index < -0.39 is 20.0 Å². The summed E-state index contributed by atoms with van der Waals surface area (Å²) in [6.07, 6.45) is 41.5. The maximum absolute atomic E-state index is 12.1. The summed E-state index contributed by atoms with van der Waals surface area (Å²) in [6, 6.07) is 0. The number of carbonyl (C=O) groups excluding carboxylic acids is 2.